The minimum absolute atomic E-state index is 0.0928. The largest absolute Gasteiger partial charge is 0.355 e. The molecule has 2 N–H and O–H groups in total. The van der Waals surface area contributed by atoms with Gasteiger partial charge in [0.2, 0.25) is 10.0 Å². The van der Waals surface area contributed by atoms with Crippen molar-refractivity contribution in [2.45, 2.75) is 24.3 Å². The van der Waals surface area contributed by atoms with E-state index in [4.69, 9.17) is 0 Å². The van der Waals surface area contributed by atoms with Crippen molar-refractivity contribution in [3.63, 3.8) is 0 Å². The third-order valence-corrected chi connectivity index (χ3v) is 5.43. The standard InChI is InChI=1S/C16H23N3O3S/c1-12(14-7-5-9-19(3)11-14)18-23(21,22)15-8-4-6-13(10-15)16(20)17-2/h4,6-8,10,12,18H,5,9,11H2,1-3H3,(H,17,20)/t12-/m1/s1. The second-order valence-corrected chi connectivity index (χ2v) is 7.47. The van der Waals surface area contributed by atoms with E-state index in [9.17, 15) is 13.2 Å². The maximum Gasteiger partial charge on any atom is 0.251 e. The molecule has 0 radical (unpaired) electrons. The van der Waals surface area contributed by atoms with Gasteiger partial charge in [0.15, 0.2) is 0 Å². The zero-order valence-corrected chi connectivity index (χ0v) is 14.5. The number of hydrogen-bond donors (Lipinski definition) is 2. The summed E-state index contributed by atoms with van der Waals surface area (Å²) in [6.07, 6.45) is 3.01. The molecule has 1 amide bonds. The third kappa shape index (κ3) is 4.40. The quantitative estimate of drug-likeness (QED) is 0.785. The normalized spacial score (nSPS) is 17.4. The molecule has 6 nitrogen and oxygen atoms in total. The van der Waals surface area contributed by atoms with Gasteiger partial charge in [-0.05, 0) is 44.2 Å². The van der Waals surface area contributed by atoms with E-state index >= 15 is 0 Å². The molecule has 1 aromatic rings. The Labute approximate surface area is 137 Å². The van der Waals surface area contributed by atoms with Crippen LogP contribution >= 0.6 is 0 Å². The fourth-order valence-corrected chi connectivity index (χ4v) is 3.86. The van der Waals surface area contributed by atoms with Gasteiger partial charge in [0.25, 0.3) is 5.91 Å². The Morgan fingerprint density at radius 2 is 2.09 bits per heavy atom. The predicted octanol–water partition coefficient (Wildman–Crippen LogP) is 0.975. The van der Waals surface area contributed by atoms with Gasteiger partial charge in [-0.3, -0.25) is 4.79 Å². The summed E-state index contributed by atoms with van der Waals surface area (Å²) in [5.41, 5.74) is 1.38. The van der Waals surface area contributed by atoms with Crippen molar-refractivity contribution in [3.05, 3.63) is 41.5 Å². The second kappa shape index (κ2) is 7.25. The van der Waals surface area contributed by atoms with Crippen molar-refractivity contribution < 1.29 is 13.2 Å². The van der Waals surface area contributed by atoms with E-state index in [2.05, 4.69) is 21.0 Å². The van der Waals surface area contributed by atoms with Crippen LogP contribution in [0.25, 0.3) is 0 Å². The van der Waals surface area contributed by atoms with E-state index in [1.807, 2.05) is 14.0 Å². The number of nitrogens with zero attached hydrogens (tertiary/aromatic N) is 1. The van der Waals surface area contributed by atoms with E-state index in [-0.39, 0.29) is 16.8 Å². The molecule has 0 saturated carbocycles. The summed E-state index contributed by atoms with van der Waals surface area (Å²) < 4.78 is 27.8. The number of amides is 1. The Hall–Kier alpha value is -1.70. The average Bonchev–Trinajstić information content (AvgIpc) is 2.54. The van der Waals surface area contributed by atoms with Gasteiger partial charge in [0.1, 0.15) is 0 Å². The molecule has 126 valence electrons. The maximum absolute atomic E-state index is 12.5. The van der Waals surface area contributed by atoms with Crippen LogP contribution in [0.2, 0.25) is 0 Å². The van der Waals surface area contributed by atoms with Crippen molar-refractivity contribution in [1.82, 2.24) is 14.9 Å². The van der Waals surface area contributed by atoms with Crippen molar-refractivity contribution in [3.8, 4) is 0 Å². The molecule has 7 heteroatoms. The van der Waals surface area contributed by atoms with Crippen molar-refractivity contribution >= 4 is 15.9 Å². The predicted molar refractivity (Wildman–Crippen MR) is 89.8 cm³/mol. The lowest BCUT2D eigenvalue weighted by Crippen LogP contribution is -2.39. The summed E-state index contributed by atoms with van der Waals surface area (Å²) in [6, 6.07) is 5.74. The van der Waals surface area contributed by atoms with Crippen LogP contribution in [-0.4, -0.2) is 52.5 Å². The molecule has 0 bridgehead atoms. The van der Waals surface area contributed by atoms with Gasteiger partial charge in [0, 0.05) is 31.7 Å². The fourth-order valence-electron chi connectivity index (χ4n) is 2.56. The van der Waals surface area contributed by atoms with E-state index < -0.39 is 10.0 Å². The van der Waals surface area contributed by atoms with Gasteiger partial charge in [-0.2, -0.15) is 0 Å². The molecule has 0 unspecified atom stereocenters. The van der Waals surface area contributed by atoms with Crippen LogP contribution in [0, 0.1) is 0 Å². The summed E-state index contributed by atoms with van der Waals surface area (Å²) in [5, 5.41) is 2.49. The fraction of sp³-hybridized carbons (Fsp3) is 0.438. The lowest BCUT2D eigenvalue weighted by Gasteiger charge is -2.27. The molecule has 2 rings (SSSR count). The molecule has 0 spiro atoms. The Bertz CT molecular complexity index is 713. The highest BCUT2D eigenvalue weighted by Crippen LogP contribution is 2.16. The van der Waals surface area contributed by atoms with Crippen LogP contribution in [0.3, 0.4) is 0 Å². The first kappa shape index (κ1) is 17.7. The number of hydrogen-bond acceptors (Lipinski definition) is 4. The van der Waals surface area contributed by atoms with Gasteiger partial charge in [-0.25, -0.2) is 13.1 Å². The van der Waals surface area contributed by atoms with Crippen LogP contribution in [0.5, 0.6) is 0 Å². The van der Waals surface area contributed by atoms with Gasteiger partial charge in [0.05, 0.1) is 4.90 Å². The van der Waals surface area contributed by atoms with Crippen LogP contribution in [0.1, 0.15) is 23.7 Å². The van der Waals surface area contributed by atoms with Gasteiger partial charge in [-0.1, -0.05) is 12.1 Å². The molecule has 0 fully saturated rings. The molecule has 1 aliphatic heterocycles. The Balaban J connectivity index is 2.18. The molecular formula is C16H23N3O3S. The van der Waals surface area contributed by atoms with Crippen LogP contribution in [0.4, 0.5) is 0 Å². The lowest BCUT2D eigenvalue weighted by molar-refractivity contribution is 0.0963. The lowest BCUT2D eigenvalue weighted by atomic mass is 10.0. The van der Waals surface area contributed by atoms with E-state index in [0.29, 0.717) is 5.56 Å². The Kier molecular flexibility index (Phi) is 5.56. The molecule has 0 aromatic heterocycles. The summed E-state index contributed by atoms with van der Waals surface area (Å²) in [4.78, 5) is 13.9. The van der Waals surface area contributed by atoms with Crippen molar-refractivity contribution in [1.29, 1.82) is 0 Å². The Morgan fingerprint density at radius 1 is 1.35 bits per heavy atom. The first-order valence-corrected chi connectivity index (χ1v) is 9.04. The average molecular weight is 337 g/mol. The number of sulfonamides is 1. The van der Waals surface area contributed by atoms with Gasteiger partial charge >= 0.3 is 0 Å². The molecule has 0 saturated heterocycles. The summed E-state index contributed by atoms with van der Waals surface area (Å²) in [5.74, 6) is -0.313. The number of benzene rings is 1. The molecule has 1 aliphatic rings. The molecule has 1 aromatic carbocycles. The zero-order valence-electron chi connectivity index (χ0n) is 13.7. The minimum atomic E-state index is -3.68. The second-order valence-electron chi connectivity index (χ2n) is 5.76. The topological polar surface area (TPSA) is 78.5 Å². The van der Waals surface area contributed by atoms with Crippen molar-refractivity contribution in [2.24, 2.45) is 0 Å². The van der Waals surface area contributed by atoms with E-state index in [1.165, 1.54) is 19.2 Å². The summed E-state index contributed by atoms with van der Waals surface area (Å²) in [7, 11) is -0.155. The first-order chi connectivity index (χ1) is 10.8. The van der Waals surface area contributed by atoms with Gasteiger partial charge in [-0.15, -0.1) is 0 Å². The zero-order chi connectivity index (χ0) is 17.0. The first-order valence-electron chi connectivity index (χ1n) is 7.55. The minimum Gasteiger partial charge on any atom is -0.355 e. The molecule has 1 heterocycles. The highest BCUT2D eigenvalue weighted by Gasteiger charge is 2.22. The SMILES string of the molecule is CNC(=O)c1cccc(S(=O)(=O)N[C@H](C)C2=CCCN(C)C2)c1. The van der Waals surface area contributed by atoms with Crippen LogP contribution in [-0.2, 0) is 10.0 Å². The number of likely N-dealkylation sites (N-methyl/N-ethyl adjacent to an activating group) is 1. The van der Waals surface area contributed by atoms with E-state index in [1.54, 1.807) is 12.1 Å². The Morgan fingerprint density at radius 3 is 2.74 bits per heavy atom. The molecule has 0 aliphatic carbocycles. The number of nitrogens with one attached hydrogen (secondary N) is 2. The summed E-state index contributed by atoms with van der Waals surface area (Å²) in [6.45, 7) is 3.57. The smallest absolute Gasteiger partial charge is 0.251 e. The molecule has 1 atom stereocenters. The van der Waals surface area contributed by atoms with Crippen molar-refractivity contribution in [2.75, 3.05) is 27.2 Å². The van der Waals surface area contributed by atoms with Gasteiger partial charge < -0.3 is 10.2 Å². The van der Waals surface area contributed by atoms with Crippen LogP contribution < -0.4 is 10.0 Å². The highest BCUT2D eigenvalue weighted by atomic mass is 32.2. The number of carbonyl (C=O) groups is 1. The highest BCUT2D eigenvalue weighted by molar-refractivity contribution is 7.89. The number of carbonyl (C=O) groups excluding carboxylic acids is 1. The third-order valence-electron chi connectivity index (χ3n) is 3.89. The summed E-state index contributed by atoms with van der Waals surface area (Å²) >= 11 is 0. The monoisotopic (exact) mass is 337 g/mol. The van der Waals surface area contributed by atoms with Crippen LogP contribution in [0.15, 0.2) is 40.8 Å². The number of rotatable bonds is 5. The maximum atomic E-state index is 12.5. The molecular weight excluding hydrogens is 314 g/mol. The van der Waals surface area contributed by atoms with E-state index in [0.717, 1.165) is 25.1 Å². The molecule has 23 heavy (non-hydrogen) atoms.